The molecule has 100 valence electrons. The van der Waals surface area contributed by atoms with Crippen LogP contribution in [0.5, 0.6) is 5.88 Å². The number of methoxy groups -OCH3 is 1. The first-order valence-corrected chi connectivity index (χ1v) is 7.04. The molecule has 0 atom stereocenters. The van der Waals surface area contributed by atoms with Crippen molar-refractivity contribution < 1.29 is 9.53 Å². The van der Waals surface area contributed by atoms with Crippen molar-refractivity contribution in [1.82, 2.24) is 15.1 Å². The standard InChI is InChI=1S/C12H18BrN3O2/c1-16-11(18-2)7-10(15-16)12(17)14-9-5-3-8(13)4-6-9/h7-9H,3-6H2,1-2H3,(H,14,17). The fourth-order valence-electron chi connectivity index (χ4n) is 2.21. The van der Waals surface area contributed by atoms with E-state index in [2.05, 4.69) is 26.3 Å². The maximum atomic E-state index is 12.0. The number of hydrogen-bond acceptors (Lipinski definition) is 3. The number of nitrogens with zero attached hydrogens (tertiary/aromatic N) is 2. The van der Waals surface area contributed by atoms with E-state index in [-0.39, 0.29) is 11.9 Å². The van der Waals surface area contributed by atoms with Gasteiger partial charge in [-0.1, -0.05) is 15.9 Å². The summed E-state index contributed by atoms with van der Waals surface area (Å²) < 4.78 is 6.65. The average molecular weight is 316 g/mol. The minimum atomic E-state index is -0.119. The number of halogens is 1. The van der Waals surface area contributed by atoms with Gasteiger partial charge in [-0.25, -0.2) is 4.68 Å². The van der Waals surface area contributed by atoms with Crippen molar-refractivity contribution in [3.63, 3.8) is 0 Å². The monoisotopic (exact) mass is 315 g/mol. The largest absolute Gasteiger partial charge is 0.481 e. The van der Waals surface area contributed by atoms with E-state index in [4.69, 9.17) is 4.74 Å². The lowest BCUT2D eigenvalue weighted by atomic mass is 9.95. The van der Waals surface area contributed by atoms with Gasteiger partial charge in [0.2, 0.25) is 5.88 Å². The van der Waals surface area contributed by atoms with Crippen LogP contribution >= 0.6 is 15.9 Å². The molecule has 0 spiro atoms. The molecule has 18 heavy (non-hydrogen) atoms. The number of nitrogens with one attached hydrogen (secondary N) is 1. The van der Waals surface area contributed by atoms with Crippen LogP contribution in [0.4, 0.5) is 0 Å². The van der Waals surface area contributed by atoms with Gasteiger partial charge in [0.25, 0.3) is 5.91 Å². The summed E-state index contributed by atoms with van der Waals surface area (Å²) in [6.45, 7) is 0. The van der Waals surface area contributed by atoms with Crippen molar-refractivity contribution in [2.24, 2.45) is 7.05 Å². The van der Waals surface area contributed by atoms with Crippen LogP contribution in [0.15, 0.2) is 6.07 Å². The highest BCUT2D eigenvalue weighted by Gasteiger charge is 2.22. The van der Waals surface area contributed by atoms with Crippen LogP contribution in [0.2, 0.25) is 0 Å². The number of amides is 1. The third-order valence-electron chi connectivity index (χ3n) is 3.27. The molecule has 2 rings (SSSR count). The van der Waals surface area contributed by atoms with E-state index in [1.165, 1.54) is 0 Å². The van der Waals surface area contributed by atoms with Gasteiger partial charge < -0.3 is 10.1 Å². The summed E-state index contributed by atoms with van der Waals surface area (Å²) in [7, 11) is 3.32. The fourth-order valence-corrected chi connectivity index (χ4v) is 2.74. The normalized spacial score (nSPS) is 23.7. The number of alkyl halides is 1. The molecule has 0 radical (unpaired) electrons. The topological polar surface area (TPSA) is 56.1 Å². The molecule has 1 aliphatic carbocycles. The zero-order valence-electron chi connectivity index (χ0n) is 10.6. The van der Waals surface area contributed by atoms with Crippen LogP contribution < -0.4 is 10.1 Å². The zero-order chi connectivity index (χ0) is 13.1. The highest BCUT2D eigenvalue weighted by atomic mass is 79.9. The van der Waals surface area contributed by atoms with Crippen molar-refractivity contribution in [3.8, 4) is 5.88 Å². The molecule has 0 unspecified atom stereocenters. The van der Waals surface area contributed by atoms with E-state index in [1.807, 2.05) is 0 Å². The number of hydrogen-bond donors (Lipinski definition) is 1. The van der Waals surface area contributed by atoms with Crippen LogP contribution in [0.25, 0.3) is 0 Å². The highest BCUT2D eigenvalue weighted by molar-refractivity contribution is 9.09. The van der Waals surface area contributed by atoms with Crippen molar-refractivity contribution in [1.29, 1.82) is 0 Å². The van der Waals surface area contributed by atoms with Crippen LogP contribution in [-0.2, 0) is 7.05 Å². The lowest BCUT2D eigenvalue weighted by molar-refractivity contribution is 0.0922. The zero-order valence-corrected chi connectivity index (χ0v) is 12.2. The Morgan fingerprint density at radius 2 is 2.17 bits per heavy atom. The van der Waals surface area contributed by atoms with Gasteiger partial charge in [0.05, 0.1) is 7.11 Å². The molecule has 0 bridgehead atoms. The SMILES string of the molecule is COc1cc(C(=O)NC2CCC(Br)CC2)nn1C. The Bertz CT molecular complexity index is 425. The van der Waals surface area contributed by atoms with Crippen LogP contribution in [0.3, 0.4) is 0 Å². The van der Waals surface area contributed by atoms with Crippen molar-refractivity contribution in [2.75, 3.05) is 7.11 Å². The maximum Gasteiger partial charge on any atom is 0.272 e. The number of aryl methyl sites for hydroxylation is 1. The average Bonchev–Trinajstić information content (AvgIpc) is 2.73. The summed E-state index contributed by atoms with van der Waals surface area (Å²) in [4.78, 5) is 12.6. The first-order valence-electron chi connectivity index (χ1n) is 6.13. The van der Waals surface area contributed by atoms with E-state index in [9.17, 15) is 4.79 Å². The summed E-state index contributed by atoms with van der Waals surface area (Å²) in [6, 6.07) is 1.92. The molecule has 1 saturated carbocycles. The molecule has 6 heteroatoms. The Labute approximate surface area is 115 Å². The summed E-state index contributed by atoms with van der Waals surface area (Å²) in [5.41, 5.74) is 0.412. The predicted molar refractivity (Wildman–Crippen MR) is 72.2 cm³/mol. The van der Waals surface area contributed by atoms with Gasteiger partial charge in [0.15, 0.2) is 5.69 Å². The van der Waals surface area contributed by atoms with Gasteiger partial charge in [0, 0.05) is 24.0 Å². The summed E-state index contributed by atoms with van der Waals surface area (Å²) in [5, 5.41) is 7.16. The Morgan fingerprint density at radius 3 is 2.72 bits per heavy atom. The van der Waals surface area contributed by atoms with E-state index < -0.39 is 0 Å². The number of rotatable bonds is 3. The van der Waals surface area contributed by atoms with Crippen LogP contribution in [-0.4, -0.2) is 33.7 Å². The number of carbonyl (C=O) groups excluding carboxylic acids is 1. The minimum Gasteiger partial charge on any atom is -0.481 e. The predicted octanol–water partition coefficient (Wildman–Crippen LogP) is 1.86. The molecule has 1 aromatic heterocycles. The van der Waals surface area contributed by atoms with Crippen molar-refractivity contribution >= 4 is 21.8 Å². The Hall–Kier alpha value is -1.04. The molecular formula is C12H18BrN3O2. The summed E-state index contributed by atoms with van der Waals surface area (Å²) in [6.07, 6.45) is 4.25. The van der Waals surface area contributed by atoms with Gasteiger partial charge in [0.1, 0.15) is 0 Å². The molecule has 5 nitrogen and oxygen atoms in total. The van der Waals surface area contributed by atoms with Crippen LogP contribution in [0.1, 0.15) is 36.2 Å². The molecule has 1 fully saturated rings. The van der Waals surface area contributed by atoms with E-state index in [1.54, 1.807) is 24.9 Å². The third-order valence-corrected chi connectivity index (χ3v) is 4.19. The number of ether oxygens (including phenoxy) is 1. The Kier molecular flexibility index (Phi) is 4.27. The first-order chi connectivity index (χ1) is 8.60. The first kappa shape index (κ1) is 13.4. The molecule has 1 heterocycles. The fraction of sp³-hybridized carbons (Fsp3) is 0.667. The molecule has 0 aromatic carbocycles. The number of aromatic nitrogens is 2. The van der Waals surface area contributed by atoms with Gasteiger partial charge in [-0.15, -0.1) is 0 Å². The minimum absolute atomic E-state index is 0.119. The van der Waals surface area contributed by atoms with Gasteiger partial charge in [-0.2, -0.15) is 5.10 Å². The molecule has 1 aromatic rings. The second kappa shape index (κ2) is 5.73. The highest BCUT2D eigenvalue weighted by Crippen LogP contribution is 2.24. The van der Waals surface area contributed by atoms with Crippen LogP contribution in [0, 0.1) is 0 Å². The number of carbonyl (C=O) groups is 1. The quantitative estimate of drug-likeness (QED) is 0.866. The smallest absolute Gasteiger partial charge is 0.272 e. The second-order valence-corrected chi connectivity index (χ2v) is 5.91. The Morgan fingerprint density at radius 1 is 1.50 bits per heavy atom. The Balaban J connectivity index is 1.94. The summed E-state index contributed by atoms with van der Waals surface area (Å²) >= 11 is 3.60. The van der Waals surface area contributed by atoms with Gasteiger partial charge in [-0.05, 0) is 25.7 Å². The third kappa shape index (κ3) is 3.04. The van der Waals surface area contributed by atoms with Crippen molar-refractivity contribution in [2.45, 2.75) is 36.6 Å². The van der Waals surface area contributed by atoms with Crippen molar-refractivity contribution in [3.05, 3.63) is 11.8 Å². The van der Waals surface area contributed by atoms with E-state index in [0.717, 1.165) is 25.7 Å². The lowest BCUT2D eigenvalue weighted by Crippen LogP contribution is -2.38. The second-order valence-electron chi connectivity index (χ2n) is 4.62. The summed E-state index contributed by atoms with van der Waals surface area (Å²) in [5.74, 6) is 0.469. The molecular weight excluding hydrogens is 298 g/mol. The molecule has 0 saturated heterocycles. The van der Waals surface area contributed by atoms with Gasteiger partial charge in [-0.3, -0.25) is 4.79 Å². The molecule has 1 aliphatic rings. The molecule has 0 aliphatic heterocycles. The lowest BCUT2D eigenvalue weighted by Gasteiger charge is -2.25. The molecule has 1 amide bonds. The molecule has 1 N–H and O–H groups in total. The maximum absolute atomic E-state index is 12.0. The van der Waals surface area contributed by atoms with E-state index in [0.29, 0.717) is 16.4 Å². The van der Waals surface area contributed by atoms with E-state index >= 15 is 0 Å². The van der Waals surface area contributed by atoms with Gasteiger partial charge >= 0.3 is 0 Å².